The van der Waals surface area contributed by atoms with Crippen LogP contribution in [0, 0.1) is 0 Å². The van der Waals surface area contributed by atoms with E-state index in [2.05, 4.69) is 10.3 Å². The topological polar surface area (TPSA) is 94.7 Å². The first-order chi connectivity index (χ1) is 18.1. The van der Waals surface area contributed by atoms with Crippen LogP contribution in [0.3, 0.4) is 0 Å². The number of aromatic amines is 1. The number of H-pyrrole nitrogens is 1. The number of rotatable bonds is 4. The average molecular weight is 532 g/mol. The molecule has 1 aromatic heterocycles. The normalized spacial score (nSPS) is 16.1. The van der Waals surface area contributed by atoms with E-state index < -0.39 is 23.8 Å². The van der Waals surface area contributed by atoms with Gasteiger partial charge in [0.25, 0.3) is 5.91 Å². The Morgan fingerprint density at radius 1 is 1.08 bits per heavy atom. The zero-order valence-corrected chi connectivity index (χ0v) is 22.3. The van der Waals surface area contributed by atoms with Crippen molar-refractivity contribution in [3.8, 4) is 5.75 Å². The molecule has 0 fully saturated rings. The molecule has 7 nitrogen and oxygen atoms in total. The molecular formula is C30H30ClN3O4. The SMILES string of the molecule is CC(C)(C)OC(=O)N[C@@H](C(=O)N1CCc2c([nH]c3ccc(Cl)cc23)C1c1cccc(O)c1)c1ccccc1. The lowest BCUT2D eigenvalue weighted by molar-refractivity contribution is -0.135. The van der Waals surface area contributed by atoms with Crippen molar-refractivity contribution in [3.05, 3.63) is 100 Å². The molecule has 3 N–H and O–H groups in total. The predicted molar refractivity (Wildman–Crippen MR) is 147 cm³/mol. The number of carbonyl (C=O) groups excluding carboxylic acids is 2. The molecule has 38 heavy (non-hydrogen) atoms. The molecule has 5 rings (SSSR count). The number of hydrogen-bond donors (Lipinski definition) is 3. The summed E-state index contributed by atoms with van der Waals surface area (Å²) in [5, 5.41) is 14.7. The molecular weight excluding hydrogens is 502 g/mol. The van der Waals surface area contributed by atoms with Crippen molar-refractivity contribution in [2.24, 2.45) is 0 Å². The third-order valence-corrected chi connectivity index (χ3v) is 6.83. The highest BCUT2D eigenvalue weighted by Gasteiger charge is 2.39. The fourth-order valence-corrected chi connectivity index (χ4v) is 5.24. The van der Waals surface area contributed by atoms with Crippen LogP contribution in [-0.4, -0.2) is 39.1 Å². The molecule has 0 saturated heterocycles. The number of nitrogens with one attached hydrogen (secondary N) is 2. The average Bonchev–Trinajstić information content (AvgIpc) is 3.23. The molecule has 2 heterocycles. The van der Waals surface area contributed by atoms with E-state index in [0.29, 0.717) is 23.6 Å². The number of amides is 2. The van der Waals surface area contributed by atoms with Crippen molar-refractivity contribution >= 4 is 34.5 Å². The fourth-order valence-electron chi connectivity index (χ4n) is 5.06. The first kappa shape index (κ1) is 25.7. The third kappa shape index (κ3) is 5.20. The second-order valence-electron chi connectivity index (χ2n) is 10.5. The molecule has 3 aromatic carbocycles. The minimum Gasteiger partial charge on any atom is -0.508 e. The second-order valence-corrected chi connectivity index (χ2v) is 10.9. The summed E-state index contributed by atoms with van der Waals surface area (Å²) in [6.07, 6.45) is -0.0726. The van der Waals surface area contributed by atoms with Gasteiger partial charge in [0, 0.05) is 28.2 Å². The van der Waals surface area contributed by atoms with Crippen LogP contribution >= 0.6 is 11.6 Å². The van der Waals surface area contributed by atoms with E-state index in [1.807, 2.05) is 54.6 Å². The number of ether oxygens (including phenoxy) is 1. The Balaban J connectivity index is 1.59. The van der Waals surface area contributed by atoms with Crippen LogP contribution in [0.25, 0.3) is 10.9 Å². The van der Waals surface area contributed by atoms with Gasteiger partial charge in [0.15, 0.2) is 0 Å². The van der Waals surface area contributed by atoms with E-state index >= 15 is 0 Å². The van der Waals surface area contributed by atoms with Crippen LogP contribution in [0.1, 0.15) is 55.2 Å². The van der Waals surface area contributed by atoms with Crippen molar-refractivity contribution in [1.29, 1.82) is 0 Å². The van der Waals surface area contributed by atoms with Crippen LogP contribution in [-0.2, 0) is 16.0 Å². The summed E-state index contributed by atoms with van der Waals surface area (Å²) in [5.41, 5.74) is 3.54. The second kappa shape index (κ2) is 10.1. The van der Waals surface area contributed by atoms with Gasteiger partial charge in [0.1, 0.15) is 17.4 Å². The minimum absolute atomic E-state index is 0.104. The Morgan fingerprint density at radius 2 is 1.84 bits per heavy atom. The molecule has 1 aliphatic rings. The van der Waals surface area contributed by atoms with Crippen LogP contribution in [0.4, 0.5) is 4.79 Å². The molecule has 4 aromatic rings. The number of halogens is 1. The van der Waals surface area contributed by atoms with Crippen LogP contribution in [0.5, 0.6) is 5.75 Å². The quantitative estimate of drug-likeness (QED) is 0.289. The van der Waals surface area contributed by atoms with Crippen molar-refractivity contribution < 1.29 is 19.4 Å². The Morgan fingerprint density at radius 3 is 2.55 bits per heavy atom. The lowest BCUT2D eigenvalue weighted by Gasteiger charge is -2.38. The van der Waals surface area contributed by atoms with E-state index in [1.54, 1.807) is 43.9 Å². The molecule has 0 aliphatic carbocycles. The number of hydrogen-bond acceptors (Lipinski definition) is 4. The minimum atomic E-state index is -0.966. The van der Waals surface area contributed by atoms with Gasteiger partial charge in [-0.1, -0.05) is 54.1 Å². The number of phenolic OH excluding ortho intramolecular Hbond substituents is 1. The highest BCUT2D eigenvalue weighted by Crippen LogP contribution is 2.41. The van der Waals surface area contributed by atoms with Gasteiger partial charge in [-0.2, -0.15) is 0 Å². The Bertz CT molecular complexity index is 1490. The molecule has 0 saturated carbocycles. The highest BCUT2D eigenvalue weighted by molar-refractivity contribution is 6.31. The maximum Gasteiger partial charge on any atom is 0.408 e. The van der Waals surface area contributed by atoms with E-state index in [4.69, 9.17) is 16.3 Å². The molecule has 196 valence electrons. The number of alkyl carbamates (subject to hydrolysis) is 1. The number of nitrogens with zero attached hydrogens (tertiary/aromatic N) is 1. The number of carbonyl (C=O) groups is 2. The summed E-state index contributed by atoms with van der Waals surface area (Å²) in [5.74, 6) is -0.176. The van der Waals surface area contributed by atoms with Gasteiger partial charge in [-0.3, -0.25) is 4.79 Å². The van der Waals surface area contributed by atoms with Gasteiger partial charge in [0.2, 0.25) is 0 Å². The molecule has 2 amide bonds. The Hall–Kier alpha value is -3.97. The third-order valence-electron chi connectivity index (χ3n) is 6.60. The van der Waals surface area contributed by atoms with E-state index in [9.17, 15) is 14.7 Å². The van der Waals surface area contributed by atoms with Crippen LogP contribution in [0.15, 0.2) is 72.8 Å². The predicted octanol–water partition coefficient (Wildman–Crippen LogP) is 6.27. The van der Waals surface area contributed by atoms with Gasteiger partial charge >= 0.3 is 6.09 Å². The maximum absolute atomic E-state index is 14.3. The zero-order valence-electron chi connectivity index (χ0n) is 21.5. The molecule has 1 aliphatic heterocycles. The maximum atomic E-state index is 14.3. The zero-order chi connectivity index (χ0) is 27.0. The molecule has 8 heteroatoms. The number of aromatic nitrogens is 1. The lowest BCUT2D eigenvalue weighted by atomic mass is 9.91. The number of phenols is 1. The van der Waals surface area contributed by atoms with Gasteiger partial charge in [0.05, 0.1) is 6.04 Å². The summed E-state index contributed by atoms with van der Waals surface area (Å²) in [7, 11) is 0. The Labute approximate surface area is 226 Å². The van der Waals surface area contributed by atoms with Crippen molar-refractivity contribution in [2.45, 2.75) is 44.9 Å². The highest BCUT2D eigenvalue weighted by atomic mass is 35.5. The van der Waals surface area contributed by atoms with Crippen molar-refractivity contribution in [2.75, 3.05) is 6.54 Å². The van der Waals surface area contributed by atoms with Crippen LogP contribution < -0.4 is 5.32 Å². The van der Waals surface area contributed by atoms with Gasteiger partial charge in [-0.25, -0.2) is 4.79 Å². The first-order valence-corrected chi connectivity index (χ1v) is 12.9. The van der Waals surface area contributed by atoms with Crippen molar-refractivity contribution in [1.82, 2.24) is 15.2 Å². The van der Waals surface area contributed by atoms with E-state index in [0.717, 1.165) is 27.7 Å². The summed E-state index contributed by atoms with van der Waals surface area (Å²) >= 11 is 6.31. The van der Waals surface area contributed by atoms with Gasteiger partial charge < -0.3 is 25.0 Å². The smallest absolute Gasteiger partial charge is 0.408 e. The van der Waals surface area contributed by atoms with Gasteiger partial charge in [-0.05, 0) is 74.2 Å². The first-order valence-electron chi connectivity index (χ1n) is 12.5. The summed E-state index contributed by atoms with van der Waals surface area (Å²) < 4.78 is 5.49. The summed E-state index contributed by atoms with van der Waals surface area (Å²) in [4.78, 5) is 32.4. The molecule has 0 spiro atoms. The number of benzene rings is 3. The number of fused-ring (bicyclic) bond motifs is 3. The largest absolute Gasteiger partial charge is 0.508 e. The van der Waals surface area contributed by atoms with Crippen molar-refractivity contribution in [3.63, 3.8) is 0 Å². The molecule has 0 radical (unpaired) electrons. The summed E-state index contributed by atoms with van der Waals surface area (Å²) in [6.45, 7) is 5.74. The fraction of sp³-hybridized carbons (Fsp3) is 0.267. The lowest BCUT2D eigenvalue weighted by Crippen LogP contribution is -2.48. The van der Waals surface area contributed by atoms with Gasteiger partial charge in [-0.15, -0.1) is 0 Å². The molecule has 2 atom stereocenters. The van der Waals surface area contributed by atoms with Crippen LogP contribution in [0.2, 0.25) is 5.02 Å². The number of aromatic hydroxyl groups is 1. The molecule has 1 unspecified atom stereocenters. The standard InChI is InChI=1S/C30H30ClN3O4/c1-30(2,3)38-29(37)33-25(18-8-5-4-6-9-18)28(36)34-15-14-22-23-17-20(31)12-13-24(23)32-26(22)27(34)19-10-7-11-21(35)16-19/h4-13,16-17,25,27,32,35H,14-15H2,1-3H3,(H,33,37)/t25-,27?/m1/s1. The molecule has 0 bridgehead atoms. The monoisotopic (exact) mass is 531 g/mol. The van der Waals surface area contributed by atoms with E-state index in [-0.39, 0.29) is 11.7 Å². The Kier molecular flexibility index (Phi) is 6.80. The summed E-state index contributed by atoms with van der Waals surface area (Å²) in [6, 6.07) is 20.2. The van der Waals surface area contributed by atoms with E-state index in [1.165, 1.54) is 0 Å².